The largest absolute Gasteiger partial charge is 0.462 e. The van der Waals surface area contributed by atoms with Crippen molar-refractivity contribution in [2.75, 3.05) is 20.7 Å². The third-order valence-corrected chi connectivity index (χ3v) is 8.90. The molecule has 42 heavy (non-hydrogen) atoms. The van der Waals surface area contributed by atoms with Crippen molar-refractivity contribution >= 4 is 18.0 Å². The van der Waals surface area contributed by atoms with Gasteiger partial charge in [0.25, 0.3) is 0 Å². The van der Waals surface area contributed by atoms with Gasteiger partial charge in [-0.3, -0.25) is 9.59 Å². The third kappa shape index (κ3) is 9.53. The second-order valence-corrected chi connectivity index (χ2v) is 12.5. The molecule has 0 radical (unpaired) electrons. The summed E-state index contributed by atoms with van der Waals surface area (Å²) in [6, 6.07) is -0.267. The fourth-order valence-electron chi connectivity index (χ4n) is 6.29. The van der Waals surface area contributed by atoms with Crippen LogP contribution in [0.25, 0.3) is 0 Å². The molecule has 0 aromatic carbocycles. The van der Waals surface area contributed by atoms with Crippen molar-refractivity contribution in [2.24, 2.45) is 29.6 Å². The van der Waals surface area contributed by atoms with Gasteiger partial charge in [0.05, 0.1) is 37.4 Å². The van der Waals surface area contributed by atoms with Crippen LogP contribution >= 0.6 is 0 Å². The Bertz CT molecular complexity index is 950. The molecule has 3 N–H and O–H groups in total. The summed E-state index contributed by atoms with van der Waals surface area (Å²) in [5.41, 5.74) is 0.741. The normalized spacial score (nSPS) is 41.6. The minimum absolute atomic E-state index is 0.0823. The van der Waals surface area contributed by atoms with Gasteiger partial charge in [-0.1, -0.05) is 45.4 Å². The van der Waals surface area contributed by atoms with Crippen LogP contribution < -0.4 is 0 Å². The molecule has 0 aromatic rings. The smallest absolute Gasteiger partial charge is 0.308 e. The van der Waals surface area contributed by atoms with Crippen molar-refractivity contribution in [1.82, 2.24) is 4.90 Å². The quantitative estimate of drug-likeness (QED) is 0.297. The Hall–Kier alpha value is -1.95. The van der Waals surface area contributed by atoms with E-state index in [2.05, 4.69) is 0 Å². The highest BCUT2D eigenvalue weighted by molar-refractivity contribution is 5.91. The summed E-state index contributed by atoms with van der Waals surface area (Å²) in [6.45, 7) is 10.7. The van der Waals surface area contributed by atoms with Crippen LogP contribution in [0.15, 0.2) is 23.8 Å². The van der Waals surface area contributed by atoms with Crippen LogP contribution in [-0.2, 0) is 28.6 Å². The number of allylic oxidation sites excluding steroid dienone is 3. The molecule has 0 spiro atoms. The van der Waals surface area contributed by atoms with Gasteiger partial charge in [-0.25, -0.2) is 0 Å². The maximum absolute atomic E-state index is 13.1. The molecule has 2 heterocycles. The Labute approximate surface area is 251 Å². The number of ether oxygens (including phenoxy) is 3. The minimum atomic E-state index is -1.18. The van der Waals surface area contributed by atoms with Crippen LogP contribution in [0.3, 0.4) is 0 Å². The number of hydrogen-bond donors (Lipinski definition) is 3. The molecule has 2 rings (SSSR count). The number of carbonyl (C=O) groups is 3. The van der Waals surface area contributed by atoms with Crippen LogP contribution in [0, 0.1) is 29.6 Å². The van der Waals surface area contributed by atoms with E-state index in [1.807, 2.05) is 39.8 Å². The second kappa shape index (κ2) is 16.8. The number of carbonyl (C=O) groups excluding carboxylic acids is 3. The molecule has 240 valence electrons. The predicted molar refractivity (Wildman–Crippen MR) is 158 cm³/mol. The van der Waals surface area contributed by atoms with Crippen LogP contribution in [0.1, 0.15) is 67.2 Å². The number of ketones is 1. The van der Waals surface area contributed by atoms with E-state index in [0.29, 0.717) is 12.8 Å². The zero-order valence-electron chi connectivity index (χ0n) is 26.5. The van der Waals surface area contributed by atoms with Crippen molar-refractivity contribution in [3.63, 3.8) is 0 Å². The Balaban J connectivity index is 2.52. The zero-order valence-corrected chi connectivity index (χ0v) is 26.5. The highest BCUT2D eigenvalue weighted by Gasteiger charge is 2.45. The third-order valence-electron chi connectivity index (χ3n) is 8.90. The number of esters is 1. The van der Waals surface area contributed by atoms with E-state index in [1.54, 1.807) is 32.9 Å². The van der Waals surface area contributed by atoms with Gasteiger partial charge in [-0.15, -0.1) is 0 Å². The van der Waals surface area contributed by atoms with Gasteiger partial charge in [0.15, 0.2) is 12.1 Å². The van der Waals surface area contributed by atoms with Crippen LogP contribution in [0.2, 0.25) is 0 Å². The number of aldehydes is 1. The average Bonchev–Trinajstić information content (AvgIpc) is 2.93. The molecule has 0 aliphatic carbocycles. The first-order valence-electron chi connectivity index (χ1n) is 15.2. The Morgan fingerprint density at radius 1 is 1.10 bits per heavy atom. The van der Waals surface area contributed by atoms with E-state index in [4.69, 9.17) is 14.2 Å². The van der Waals surface area contributed by atoms with Gasteiger partial charge in [-0.2, -0.15) is 0 Å². The van der Waals surface area contributed by atoms with Gasteiger partial charge in [-0.05, 0) is 52.8 Å². The summed E-state index contributed by atoms with van der Waals surface area (Å²) >= 11 is 0. The molecule has 10 nitrogen and oxygen atoms in total. The topological polar surface area (TPSA) is 143 Å². The van der Waals surface area contributed by atoms with Gasteiger partial charge < -0.3 is 39.2 Å². The van der Waals surface area contributed by atoms with Crippen molar-refractivity contribution in [3.05, 3.63) is 23.8 Å². The predicted octanol–water partition coefficient (Wildman–Crippen LogP) is 2.68. The lowest BCUT2D eigenvalue weighted by Crippen LogP contribution is -2.59. The highest BCUT2D eigenvalue weighted by Crippen LogP contribution is 2.36. The van der Waals surface area contributed by atoms with Crippen molar-refractivity contribution < 1.29 is 43.9 Å². The lowest BCUT2D eigenvalue weighted by molar-refractivity contribution is -0.287. The Kier molecular flexibility index (Phi) is 14.5. The van der Waals surface area contributed by atoms with Crippen molar-refractivity contribution in [1.29, 1.82) is 0 Å². The summed E-state index contributed by atoms with van der Waals surface area (Å²) in [5, 5.41) is 32.1. The van der Waals surface area contributed by atoms with E-state index in [-0.39, 0.29) is 37.2 Å². The molecule has 0 bridgehead atoms. The molecule has 0 saturated carbocycles. The number of likely N-dealkylation sites (N-methyl/N-ethyl adjacent to an activating group) is 1. The fraction of sp³-hybridized carbons (Fsp3) is 0.781. The maximum Gasteiger partial charge on any atom is 0.308 e. The van der Waals surface area contributed by atoms with Crippen molar-refractivity contribution in [3.8, 4) is 0 Å². The standard InChI is InChI=1S/C32H53NO9/c1-9-27-24(17-35)14-18(2)10-11-25(36)19(3)15-23(12-13-34)31(20(4)26(37)16-28(38)41-27)42-32-21(5)29(33(7)8)30(39)22(6)40-32/h10-11,13-14,19-24,26-27,29-32,35,37,39H,9,12,15-17H2,1-8H3/b11-10+,18-14+/t19-,20+,21-,22-,23+,24-,26-,27-,29-,30-,31-,32+/m1/s1. The summed E-state index contributed by atoms with van der Waals surface area (Å²) in [7, 11) is 3.75. The van der Waals surface area contributed by atoms with Gasteiger partial charge in [0.2, 0.25) is 0 Å². The number of aliphatic hydroxyl groups is 3. The highest BCUT2D eigenvalue weighted by atomic mass is 16.7. The fourth-order valence-corrected chi connectivity index (χ4v) is 6.29. The number of aliphatic hydroxyl groups excluding tert-OH is 3. The molecule has 2 aliphatic rings. The summed E-state index contributed by atoms with van der Waals surface area (Å²) in [5.74, 6) is -3.02. The SMILES string of the molecule is CC[C@H]1OC(=O)C[C@@H](O)[C@H](C)[C@@H](O[C@@H]2O[C@H](C)[C@@H](O)[C@H](N(C)C)[C@H]2C)[C@@H](CC=O)C[C@@H](C)C(=O)/C=C/C(C)=C/[C@@H]1CO. The summed E-state index contributed by atoms with van der Waals surface area (Å²) < 4.78 is 18.4. The molecule has 12 atom stereocenters. The first kappa shape index (κ1) is 36.2. The van der Waals surface area contributed by atoms with E-state index < -0.39 is 66.5 Å². The maximum atomic E-state index is 13.1. The van der Waals surface area contributed by atoms with Gasteiger partial charge in [0, 0.05) is 36.1 Å². The molecule has 0 amide bonds. The van der Waals surface area contributed by atoms with E-state index in [0.717, 1.165) is 11.9 Å². The van der Waals surface area contributed by atoms with Gasteiger partial charge >= 0.3 is 5.97 Å². The number of nitrogens with zero attached hydrogens (tertiary/aromatic N) is 1. The Morgan fingerprint density at radius 2 is 1.76 bits per heavy atom. The number of hydrogen-bond acceptors (Lipinski definition) is 10. The Morgan fingerprint density at radius 3 is 2.33 bits per heavy atom. The molecular formula is C32H53NO9. The monoisotopic (exact) mass is 595 g/mol. The summed E-state index contributed by atoms with van der Waals surface area (Å²) in [6.07, 6.45) is 1.69. The first-order valence-corrected chi connectivity index (χ1v) is 15.2. The first-order chi connectivity index (χ1) is 19.7. The lowest BCUT2D eigenvalue weighted by atomic mass is 9.79. The molecule has 10 heteroatoms. The number of cyclic esters (lactones) is 1. The van der Waals surface area contributed by atoms with E-state index >= 15 is 0 Å². The van der Waals surface area contributed by atoms with Crippen molar-refractivity contribution in [2.45, 2.75) is 110 Å². The minimum Gasteiger partial charge on any atom is -0.462 e. The van der Waals surface area contributed by atoms with Crippen LogP contribution in [0.4, 0.5) is 0 Å². The van der Waals surface area contributed by atoms with Crippen LogP contribution in [-0.4, -0.2) is 102 Å². The lowest BCUT2D eigenvalue weighted by Gasteiger charge is -2.47. The zero-order chi connectivity index (χ0) is 31.7. The molecule has 0 aromatic heterocycles. The summed E-state index contributed by atoms with van der Waals surface area (Å²) in [4.78, 5) is 39.9. The van der Waals surface area contributed by atoms with E-state index in [9.17, 15) is 29.7 Å². The van der Waals surface area contributed by atoms with Crippen LogP contribution in [0.5, 0.6) is 0 Å². The van der Waals surface area contributed by atoms with Gasteiger partial charge in [0.1, 0.15) is 12.4 Å². The molecule has 1 saturated heterocycles. The average molecular weight is 596 g/mol. The molecular weight excluding hydrogens is 542 g/mol. The molecule has 1 fully saturated rings. The van der Waals surface area contributed by atoms with E-state index in [1.165, 1.54) is 6.08 Å². The second-order valence-electron chi connectivity index (χ2n) is 12.5. The number of rotatable bonds is 7. The molecule has 2 aliphatic heterocycles. The molecule has 0 unspecified atom stereocenters.